The molecule has 2 rings (SSSR count). The SMILES string of the molecule is C#CCOc1cc(-n2c(=O)cc(C(F)(F)F)n(N)c2=O)c(F)cc1Cl. The molecule has 2 N–H and O–H groups in total. The maximum atomic E-state index is 14.1. The normalized spacial score (nSPS) is 11.2. The van der Waals surface area contributed by atoms with Gasteiger partial charge in [0.1, 0.15) is 18.2 Å². The number of aromatic nitrogens is 2. The molecule has 11 heteroatoms. The summed E-state index contributed by atoms with van der Waals surface area (Å²) in [6.45, 7) is -0.256. The zero-order valence-corrected chi connectivity index (χ0v) is 12.9. The predicted molar refractivity (Wildman–Crippen MR) is 80.7 cm³/mol. The zero-order valence-electron chi connectivity index (χ0n) is 12.1. The van der Waals surface area contributed by atoms with Gasteiger partial charge in [0.2, 0.25) is 0 Å². The van der Waals surface area contributed by atoms with Gasteiger partial charge in [-0.05, 0) is 6.07 Å². The van der Waals surface area contributed by atoms with Crippen molar-refractivity contribution in [1.29, 1.82) is 0 Å². The smallest absolute Gasteiger partial charge is 0.433 e. The molecule has 0 radical (unpaired) electrons. The molecule has 132 valence electrons. The van der Waals surface area contributed by atoms with Crippen molar-refractivity contribution in [2.45, 2.75) is 6.18 Å². The van der Waals surface area contributed by atoms with E-state index < -0.39 is 34.6 Å². The fourth-order valence-corrected chi connectivity index (χ4v) is 2.12. The van der Waals surface area contributed by atoms with E-state index in [-0.39, 0.29) is 32.7 Å². The van der Waals surface area contributed by atoms with Crippen molar-refractivity contribution in [3.63, 3.8) is 0 Å². The van der Waals surface area contributed by atoms with Crippen LogP contribution in [-0.2, 0) is 6.18 Å². The maximum Gasteiger partial charge on any atom is 0.433 e. The molecule has 0 aliphatic heterocycles. The van der Waals surface area contributed by atoms with Crippen LogP contribution in [0.4, 0.5) is 17.6 Å². The van der Waals surface area contributed by atoms with Crippen LogP contribution >= 0.6 is 11.6 Å². The first kappa shape index (κ1) is 18.4. The van der Waals surface area contributed by atoms with Crippen LogP contribution in [0, 0.1) is 18.2 Å². The summed E-state index contributed by atoms with van der Waals surface area (Å²) in [5.41, 5.74) is -5.43. The third-order valence-electron chi connectivity index (χ3n) is 2.98. The molecular weight excluding hydrogens is 370 g/mol. The van der Waals surface area contributed by atoms with Crippen molar-refractivity contribution < 1.29 is 22.3 Å². The lowest BCUT2D eigenvalue weighted by Crippen LogP contribution is -2.45. The minimum atomic E-state index is -5.05. The number of hydrogen-bond donors (Lipinski definition) is 1. The summed E-state index contributed by atoms with van der Waals surface area (Å²) < 4.78 is 57.2. The quantitative estimate of drug-likeness (QED) is 0.500. The van der Waals surface area contributed by atoms with E-state index >= 15 is 0 Å². The molecule has 1 heterocycles. The van der Waals surface area contributed by atoms with E-state index in [9.17, 15) is 27.2 Å². The Morgan fingerprint density at radius 2 is 1.92 bits per heavy atom. The van der Waals surface area contributed by atoms with Crippen LogP contribution in [0.5, 0.6) is 5.75 Å². The van der Waals surface area contributed by atoms with Crippen molar-refractivity contribution in [3.8, 4) is 23.8 Å². The van der Waals surface area contributed by atoms with E-state index in [2.05, 4.69) is 5.92 Å². The van der Waals surface area contributed by atoms with Gasteiger partial charge in [0.15, 0.2) is 5.69 Å². The summed E-state index contributed by atoms with van der Waals surface area (Å²) in [5.74, 6) is 5.88. The number of ether oxygens (including phenoxy) is 1. The number of nitrogens with two attached hydrogens (primary N) is 1. The Kier molecular flexibility index (Phi) is 4.80. The highest BCUT2D eigenvalue weighted by atomic mass is 35.5. The minimum absolute atomic E-state index is 0.0669. The molecule has 0 aliphatic rings. The number of alkyl halides is 3. The second kappa shape index (κ2) is 6.52. The number of rotatable bonds is 3. The fourth-order valence-electron chi connectivity index (χ4n) is 1.92. The van der Waals surface area contributed by atoms with Gasteiger partial charge in [0.05, 0.1) is 10.7 Å². The van der Waals surface area contributed by atoms with Crippen molar-refractivity contribution in [2.75, 3.05) is 12.4 Å². The van der Waals surface area contributed by atoms with E-state index in [0.29, 0.717) is 6.07 Å². The predicted octanol–water partition coefficient (Wildman–Crippen LogP) is 1.54. The van der Waals surface area contributed by atoms with Crippen LogP contribution in [0.1, 0.15) is 5.69 Å². The van der Waals surface area contributed by atoms with Crippen molar-refractivity contribution in [3.05, 3.63) is 55.6 Å². The van der Waals surface area contributed by atoms with Gasteiger partial charge in [-0.25, -0.2) is 18.4 Å². The van der Waals surface area contributed by atoms with Crippen LogP contribution in [-0.4, -0.2) is 15.9 Å². The first-order chi connectivity index (χ1) is 11.6. The molecule has 0 saturated carbocycles. The Labute approximate surface area is 142 Å². The molecule has 1 aromatic heterocycles. The third-order valence-corrected chi connectivity index (χ3v) is 3.28. The molecule has 2 aromatic rings. The van der Waals surface area contributed by atoms with E-state index in [1.807, 2.05) is 0 Å². The largest absolute Gasteiger partial charge is 0.479 e. The summed E-state index contributed by atoms with van der Waals surface area (Å²) in [6, 6.07) is 1.63. The highest BCUT2D eigenvalue weighted by Crippen LogP contribution is 2.29. The topological polar surface area (TPSA) is 79.2 Å². The molecule has 0 amide bonds. The average molecular weight is 378 g/mol. The highest BCUT2D eigenvalue weighted by Gasteiger charge is 2.36. The molecule has 1 aromatic carbocycles. The molecule has 6 nitrogen and oxygen atoms in total. The molecule has 0 saturated heterocycles. The van der Waals surface area contributed by atoms with Crippen molar-refractivity contribution in [1.82, 2.24) is 9.24 Å². The Hall–Kier alpha value is -2.93. The van der Waals surface area contributed by atoms with Gasteiger partial charge in [-0.1, -0.05) is 17.5 Å². The van der Waals surface area contributed by atoms with Crippen LogP contribution in [0.15, 0.2) is 27.8 Å². The molecule has 25 heavy (non-hydrogen) atoms. The minimum Gasteiger partial charge on any atom is -0.479 e. The maximum absolute atomic E-state index is 14.1. The van der Waals surface area contributed by atoms with Gasteiger partial charge in [-0.2, -0.15) is 13.2 Å². The molecule has 0 atom stereocenters. The summed E-state index contributed by atoms with van der Waals surface area (Å²) in [6.07, 6.45) is -0.0426. The lowest BCUT2D eigenvalue weighted by Gasteiger charge is -2.15. The first-order valence-electron chi connectivity index (χ1n) is 6.35. The number of hydrogen-bond acceptors (Lipinski definition) is 4. The number of terminal acetylenes is 1. The summed E-state index contributed by atoms with van der Waals surface area (Å²) >= 11 is 5.74. The standard InChI is InChI=1S/C14H8ClF4N3O3/c1-2-3-25-10-5-9(8(16)4-7(10)15)21-12(23)6-11(14(17,18)19)22(20)13(21)24/h1,4-6H,3,20H2. The molecule has 0 fully saturated rings. The second-order valence-corrected chi connectivity index (χ2v) is 4.99. The Morgan fingerprint density at radius 1 is 1.28 bits per heavy atom. The first-order valence-corrected chi connectivity index (χ1v) is 6.72. The van der Waals surface area contributed by atoms with Gasteiger partial charge < -0.3 is 10.6 Å². The molecule has 0 aliphatic carbocycles. The van der Waals surface area contributed by atoms with Gasteiger partial charge in [-0.15, -0.1) is 6.42 Å². The lowest BCUT2D eigenvalue weighted by atomic mass is 10.2. The number of halogens is 5. The van der Waals surface area contributed by atoms with Crippen molar-refractivity contribution in [2.24, 2.45) is 0 Å². The Balaban J connectivity index is 2.76. The van der Waals surface area contributed by atoms with Crippen LogP contribution in [0.2, 0.25) is 5.02 Å². The van der Waals surface area contributed by atoms with E-state index in [0.717, 1.165) is 6.07 Å². The molecule has 0 unspecified atom stereocenters. The summed E-state index contributed by atoms with van der Waals surface area (Å²) in [5, 5.41) is -0.218. The van der Waals surface area contributed by atoms with Crippen LogP contribution in [0.25, 0.3) is 5.69 Å². The highest BCUT2D eigenvalue weighted by molar-refractivity contribution is 6.32. The van der Waals surface area contributed by atoms with Gasteiger partial charge in [0.25, 0.3) is 5.56 Å². The summed E-state index contributed by atoms with van der Waals surface area (Å²) in [4.78, 5) is 24.0. The molecule has 0 spiro atoms. The third kappa shape index (κ3) is 3.46. The Morgan fingerprint density at radius 3 is 2.48 bits per heavy atom. The average Bonchev–Trinajstić information content (AvgIpc) is 2.50. The van der Waals surface area contributed by atoms with E-state index in [4.69, 9.17) is 28.6 Å². The monoisotopic (exact) mass is 377 g/mol. The number of benzene rings is 1. The van der Waals surface area contributed by atoms with Crippen LogP contribution < -0.4 is 21.8 Å². The van der Waals surface area contributed by atoms with Crippen LogP contribution in [0.3, 0.4) is 0 Å². The number of nitrogen functional groups attached to an aromatic ring is 1. The fraction of sp³-hybridized carbons (Fsp3) is 0.143. The van der Waals surface area contributed by atoms with Crippen molar-refractivity contribution >= 4 is 11.6 Å². The number of nitrogens with zero attached hydrogens (tertiary/aromatic N) is 2. The zero-order chi connectivity index (χ0) is 18.9. The lowest BCUT2D eigenvalue weighted by molar-refractivity contribution is -0.143. The molecule has 0 bridgehead atoms. The second-order valence-electron chi connectivity index (χ2n) is 4.58. The Bertz CT molecular complexity index is 989. The molecular formula is C14H8ClF4N3O3. The van der Waals surface area contributed by atoms with Gasteiger partial charge in [0, 0.05) is 12.1 Å². The van der Waals surface area contributed by atoms with Gasteiger partial charge >= 0.3 is 11.9 Å². The van der Waals surface area contributed by atoms with E-state index in [1.54, 1.807) is 0 Å². The van der Waals surface area contributed by atoms with E-state index in [1.165, 1.54) is 0 Å². The van der Waals surface area contributed by atoms with Gasteiger partial charge in [-0.3, -0.25) is 4.79 Å². The summed E-state index contributed by atoms with van der Waals surface area (Å²) in [7, 11) is 0.